The number of aliphatic hydroxyl groups is 1. The highest BCUT2D eigenvalue weighted by molar-refractivity contribution is 5.79. The van der Waals surface area contributed by atoms with Crippen molar-refractivity contribution in [2.24, 2.45) is 0 Å². The van der Waals surface area contributed by atoms with Gasteiger partial charge in [0.25, 0.3) is 0 Å². The molecule has 1 aliphatic heterocycles. The molecule has 1 amide bonds. The number of carbonyl (C=O) groups excluding carboxylic acids is 1. The Hall–Kier alpha value is -1.59. The number of aliphatic hydroxyl groups excluding tert-OH is 1. The number of likely N-dealkylation sites (tertiary alicyclic amines) is 1. The number of amides is 1. The highest BCUT2D eigenvalue weighted by atomic mass is 16.5. The van der Waals surface area contributed by atoms with E-state index in [2.05, 4.69) is 4.90 Å². The number of piperidine rings is 1. The van der Waals surface area contributed by atoms with E-state index in [0.29, 0.717) is 19.1 Å². The summed E-state index contributed by atoms with van der Waals surface area (Å²) in [6, 6.07) is 8.43. The minimum Gasteiger partial charge on any atom is -0.497 e. The van der Waals surface area contributed by atoms with E-state index in [0.717, 1.165) is 50.0 Å². The quantitative estimate of drug-likeness (QED) is 0.824. The molecule has 138 valence electrons. The number of hydrogen-bond donors (Lipinski definition) is 1. The standard InChI is InChI=1S/C20H30N2O3/c1-15(23)19-5-3-4-12-21(19)14-20(24)22(17-8-9-17)13-16-6-10-18(25-2)11-7-16/h6-7,10-11,15,17,19,23H,3-5,8-9,12-14H2,1-2H3. The van der Waals surface area contributed by atoms with Crippen molar-refractivity contribution in [1.82, 2.24) is 9.80 Å². The third-order valence-corrected chi connectivity index (χ3v) is 5.38. The van der Waals surface area contributed by atoms with Crippen LogP contribution in [-0.4, -0.2) is 59.2 Å². The smallest absolute Gasteiger partial charge is 0.237 e. The fourth-order valence-electron chi connectivity index (χ4n) is 3.76. The van der Waals surface area contributed by atoms with Crippen molar-refractivity contribution in [3.8, 4) is 5.75 Å². The first-order valence-corrected chi connectivity index (χ1v) is 9.43. The lowest BCUT2D eigenvalue weighted by Crippen LogP contribution is -2.50. The summed E-state index contributed by atoms with van der Waals surface area (Å²) in [7, 11) is 1.66. The minimum absolute atomic E-state index is 0.111. The van der Waals surface area contributed by atoms with Crippen LogP contribution in [0, 0.1) is 0 Å². The number of methoxy groups -OCH3 is 1. The second-order valence-electron chi connectivity index (χ2n) is 7.38. The minimum atomic E-state index is -0.385. The van der Waals surface area contributed by atoms with Crippen LogP contribution >= 0.6 is 0 Å². The topological polar surface area (TPSA) is 53.0 Å². The number of nitrogens with zero attached hydrogens (tertiary/aromatic N) is 2. The van der Waals surface area contributed by atoms with E-state index < -0.39 is 0 Å². The predicted octanol–water partition coefficient (Wildman–Crippen LogP) is 2.42. The molecule has 1 N–H and O–H groups in total. The van der Waals surface area contributed by atoms with Crippen molar-refractivity contribution in [2.45, 2.75) is 63.8 Å². The molecule has 0 aromatic heterocycles. The summed E-state index contributed by atoms with van der Waals surface area (Å²) in [5.74, 6) is 1.02. The summed E-state index contributed by atoms with van der Waals surface area (Å²) in [4.78, 5) is 17.2. The Kier molecular flexibility index (Phi) is 5.97. The average Bonchev–Trinajstić information content (AvgIpc) is 3.45. The Morgan fingerprint density at radius 2 is 2.00 bits per heavy atom. The number of rotatable bonds is 7. The molecule has 1 saturated heterocycles. The van der Waals surface area contributed by atoms with Gasteiger partial charge in [0.15, 0.2) is 0 Å². The van der Waals surface area contributed by atoms with Gasteiger partial charge in [-0.1, -0.05) is 18.6 Å². The van der Waals surface area contributed by atoms with E-state index in [1.165, 1.54) is 0 Å². The van der Waals surface area contributed by atoms with E-state index in [4.69, 9.17) is 4.74 Å². The van der Waals surface area contributed by atoms with Gasteiger partial charge in [-0.2, -0.15) is 0 Å². The summed E-state index contributed by atoms with van der Waals surface area (Å²) in [6.45, 7) is 3.81. The normalized spacial score (nSPS) is 22.4. The molecule has 3 rings (SSSR count). The molecule has 5 nitrogen and oxygen atoms in total. The molecule has 1 heterocycles. The van der Waals surface area contributed by atoms with E-state index in [9.17, 15) is 9.90 Å². The third-order valence-electron chi connectivity index (χ3n) is 5.38. The molecule has 1 saturated carbocycles. The summed E-state index contributed by atoms with van der Waals surface area (Å²) < 4.78 is 5.21. The van der Waals surface area contributed by atoms with Crippen molar-refractivity contribution in [3.63, 3.8) is 0 Å². The fraction of sp³-hybridized carbons (Fsp3) is 0.650. The van der Waals surface area contributed by atoms with Crippen molar-refractivity contribution < 1.29 is 14.6 Å². The summed E-state index contributed by atoms with van der Waals surface area (Å²) in [5.41, 5.74) is 1.13. The molecule has 2 aliphatic rings. The third kappa shape index (κ3) is 4.73. The molecule has 2 unspecified atom stereocenters. The molecule has 2 atom stereocenters. The van der Waals surface area contributed by atoms with Gasteiger partial charge in [0.1, 0.15) is 5.75 Å². The molecule has 0 spiro atoms. The molecule has 1 aromatic carbocycles. The number of carbonyl (C=O) groups is 1. The maximum absolute atomic E-state index is 13.0. The van der Waals surface area contributed by atoms with Gasteiger partial charge >= 0.3 is 0 Å². The molecule has 2 fully saturated rings. The highest BCUT2D eigenvalue weighted by Gasteiger charge is 2.35. The van der Waals surface area contributed by atoms with Crippen LogP contribution in [0.25, 0.3) is 0 Å². The molecule has 1 aromatic rings. The van der Waals surface area contributed by atoms with Gasteiger partial charge in [-0.25, -0.2) is 0 Å². The lowest BCUT2D eigenvalue weighted by molar-refractivity contribution is -0.135. The first kappa shape index (κ1) is 18.2. The first-order chi connectivity index (χ1) is 12.1. The second-order valence-corrected chi connectivity index (χ2v) is 7.38. The Morgan fingerprint density at radius 3 is 2.60 bits per heavy atom. The second kappa shape index (κ2) is 8.19. The van der Waals surface area contributed by atoms with Crippen LogP contribution in [0.3, 0.4) is 0 Å². The van der Waals surface area contributed by atoms with Gasteiger partial charge in [-0.15, -0.1) is 0 Å². The van der Waals surface area contributed by atoms with E-state index in [-0.39, 0.29) is 18.1 Å². The highest BCUT2D eigenvalue weighted by Crippen LogP contribution is 2.29. The van der Waals surface area contributed by atoms with Crippen molar-refractivity contribution in [3.05, 3.63) is 29.8 Å². The van der Waals surface area contributed by atoms with Gasteiger partial charge in [-0.3, -0.25) is 9.69 Å². The van der Waals surface area contributed by atoms with Gasteiger partial charge < -0.3 is 14.7 Å². The van der Waals surface area contributed by atoms with Gasteiger partial charge in [-0.05, 0) is 56.8 Å². The predicted molar refractivity (Wildman–Crippen MR) is 97.5 cm³/mol. The van der Waals surface area contributed by atoms with Crippen LogP contribution in [0.15, 0.2) is 24.3 Å². The van der Waals surface area contributed by atoms with Gasteiger partial charge in [0, 0.05) is 18.6 Å². The first-order valence-electron chi connectivity index (χ1n) is 9.43. The van der Waals surface area contributed by atoms with E-state index in [1.807, 2.05) is 36.1 Å². The summed E-state index contributed by atoms with van der Waals surface area (Å²) in [6.07, 6.45) is 5.04. The van der Waals surface area contributed by atoms with Crippen LogP contribution in [0.2, 0.25) is 0 Å². The zero-order chi connectivity index (χ0) is 17.8. The van der Waals surface area contributed by atoms with E-state index >= 15 is 0 Å². The maximum atomic E-state index is 13.0. The fourth-order valence-corrected chi connectivity index (χ4v) is 3.76. The summed E-state index contributed by atoms with van der Waals surface area (Å²) >= 11 is 0. The molecule has 1 aliphatic carbocycles. The Morgan fingerprint density at radius 1 is 1.28 bits per heavy atom. The van der Waals surface area contributed by atoms with Crippen LogP contribution < -0.4 is 4.74 Å². The van der Waals surface area contributed by atoms with Crippen LogP contribution in [0.5, 0.6) is 5.75 Å². The Balaban J connectivity index is 1.64. The molecular formula is C20H30N2O3. The number of hydrogen-bond acceptors (Lipinski definition) is 4. The van der Waals surface area contributed by atoms with E-state index in [1.54, 1.807) is 7.11 Å². The molecule has 25 heavy (non-hydrogen) atoms. The number of ether oxygens (including phenoxy) is 1. The number of benzene rings is 1. The molecule has 5 heteroatoms. The van der Waals surface area contributed by atoms with Gasteiger partial charge in [0.2, 0.25) is 5.91 Å². The van der Waals surface area contributed by atoms with Crippen LogP contribution in [0.1, 0.15) is 44.6 Å². The average molecular weight is 346 g/mol. The lowest BCUT2D eigenvalue weighted by Gasteiger charge is -2.38. The molecule has 0 bridgehead atoms. The lowest BCUT2D eigenvalue weighted by atomic mass is 9.98. The van der Waals surface area contributed by atoms with Crippen molar-refractivity contribution in [1.29, 1.82) is 0 Å². The summed E-state index contributed by atoms with van der Waals surface area (Å²) in [5, 5.41) is 10.0. The zero-order valence-corrected chi connectivity index (χ0v) is 15.4. The van der Waals surface area contributed by atoms with Crippen molar-refractivity contribution >= 4 is 5.91 Å². The molecular weight excluding hydrogens is 316 g/mol. The zero-order valence-electron chi connectivity index (χ0n) is 15.4. The monoisotopic (exact) mass is 346 g/mol. The molecule has 0 radical (unpaired) electrons. The van der Waals surface area contributed by atoms with Crippen LogP contribution in [-0.2, 0) is 11.3 Å². The maximum Gasteiger partial charge on any atom is 0.237 e. The SMILES string of the molecule is COc1ccc(CN(C(=O)CN2CCCCC2C(C)O)C2CC2)cc1. The Bertz CT molecular complexity index is 569. The Labute approximate surface area is 150 Å². The van der Waals surface area contributed by atoms with Crippen LogP contribution in [0.4, 0.5) is 0 Å². The van der Waals surface area contributed by atoms with Crippen molar-refractivity contribution in [2.75, 3.05) is 20.2 Å². The largest absolute Gasteiger partial charge is 0.497 e. The van der Waals surface area contributed by atoms with Gasteiger partial charge in [0.05, 0.1) is 19.8 Å².